The number of aryl methyl sites for hydroxylation is 2. The number of aliphatic hydroxyl groups is 9. The third-order valence-electron chi connectivity index (χ3n) is 23.9. The van der Waals surface area contributed by atoms with Crippen molar-refractivity contribution in [2.24, 2.45) is 50.1 Å². The first-order chi connectivity index (χ1) is 64.3. The zero-order valence-corrected chi connectivity index (χ0v) is 90.8. The van der Waals surface area contributed by atoms with Crippen molar-refractivity contribution in [1.29, 1.82) is 0 Å². The van der Waals surface area contributed by atoms with Gasteiger partial charge in [0.15, 0.2) is 52.9 Å². The Bertz CT molecular complexity index is 5380. The highest BCUT2D eigenvalue weighted by atomic mass is 32.1. The van der Waals surface area contributed by atoms with Crippen LogP contribution < -0.4 is 33.5 Å². The first kappa shape index (κ1) is 119. The van der Waals surface area contributed by atoms with E-state index in [1.54, 1.807) is 52.2 Å². The van der Waals surface area contributed by atoms with Crippen molar-refractivity contribution in [3.63, 3.8) is 0 Å². The van der Waals surface area contributed by atoms with Gasteiger partial charge >= 0.3 is 5.69 Å². The molecule has 2 amide bonds. The Morgan fingerprint density at radius 2 is 0.820 bits per heavy atom. The molecule has 0 aromatic carbocycles. The number of amidine groups is 4. The largest absolute Gasteiger partial charge is 0.491 e. The number of aliphatic hydroxyl groups excluding tert-OH is 9. The Balaban J connectivity index is 0.000000227. The van der Waals surface area contributed by atoms with Crippen molar-refractivity contribution in [2.75, 3.05) is 151 Å². The molecule has 39 nitrogen and oxygen atoms in total. The van der Waals surface area contributed by atoms with E-state index >= 15 is 0 Å². The number of nitrogens with zero attached hydrogens (tertiary/aromatic N) is 12. The van der Waals surface area contributed by atoms with Crippen LogP contribution in [0.5, 0.6) is 0 Å². The van der Waals surface area contributed by atoms with Gasteiger partial charge < -0.3 is 145 Å². The topological polar surface area (TPSA) is 526 Å². The molecule has 12 rings (SSSR count). The third kappa shape index (κ3) is 34.3. The smallest absolute Gasteiger partial charge is 0.351 e. The second-order valence-electron chi connectivity index (χ2n) is 40.2. The van der Waals surface area contributed by atoms with E-state index in [0.717, 1.165) is 61.1 Å². The number of hydrogen-bond donors (Lipinski definition) is 14. The number of ether oxygens (including phenoxy) is 10. The number of carbonyl (C=O) groups is 2. The Morgan fingerprint density at radius 1 is 0.468 bits per heavy atom. The molecule has 46 heteroatoms. The Hall–Kier alpha value is -6.96. The first-order valence-electron chi connectivity index (χ1n) is 45.5. The molecule has 0 spiro atoms. The van der Waals surface area contributed by atoms with Gasteiger partial charge in [0.25, 0.3) is 0 Å². The van der Waals surface area contributed by atoms with Crippen LogP contribution in [0.3, 0.4) is 0 Å². The molecule has 0 radical (unpaired) electrons. The lowest BCUT2D eigenvalue weighted by molar-refractivity contribution is -0.117. The molecule has 2 aromatic rings. The number of aliphatic imine (C=N–C) groups is 4. The summed E-state index contributed by atoms with van der Waals surface area (Å²) in [6.07, 6.45) is 33.0. The fraction of sp³-hybridized carbons (Fsp3) is 0.613. The van der Waals surface area contributed by atoms with Crippen molar-refractivity contribution in [3.05, 3.63) is 143 Å². The predicted molar refractivity (Wildman–Crippen MR) is 573 cm³/mol. The average Bonchev–Trinajstić information content (AvgIpc) is 1.65. The minimum absolute atomic E-state index is 0.0165. The number of anilines is 1. The van der Waals surface area contributed by atoms with E-state index in [1.165, 1.54) is 56.9 Å². The number of rotatable bonds is 29. The number of nitrogens with one attached hydrogen (secondary N) is 2. The van der Waals surface area contributed by atoms with Crippen LogP contribution in [0.1, 0.15) is 82.9 Å². The Kier molecular flexibility index (Phi) is 43.4. The number of aromatic nitrogens is 4. The maximum absolute atomic E-state index is 12.3. The minimum Gasteiger partial charge on any atom is -0.491 e. The summed E-state index contributed by atoms with van der Waals surface area (Å²) in [7, 11) is 7.82. The van der Waals surface area contributed by atoms with Gasteiger partial charge in [0.1, 0.15) is 114 Å². The molecule has 10 aliphatic heterocycles. The van der Waals surface area contributed by atoms with Gasteiger partial charge in [0.2, 0.25) is 11.8 Å². The van der Waals surface area contributed by atoms with E-state index in [-0.39, 0.29) is 59.8 Å². The highest BCUT2D eigenvalue weighted by Crippen LogP contribution is 2.47. The molecule has 6 unspecified atom stereocenters. The zero-order valence-electron chi connectivity index (χ0n) is 84.6. The van der Waals surface area contributed by atoms with Gasteiger partial charge in [0.05, 0.1) is 69.3 Å². The minimum atomic E-state index is -1.25. The van der Waals surface area contributed by atoms with E-state index in [2.05, 4.69) is 185 Å². The maximum atomic E-state index is 12.3. The van der Waals surface area contributed by atoms with Gasteiger partial charge in [-0.15, -0.1) is 79.1 Å². The van der Waals surface area contributed by atoms with Crippen LogP contribution in [0.2, 0.25) is 0 Å². The van der Waals surface area contributed by atoms with E-state index in [4.69, 9.17) is 76.8 Å². The molecule has 0 bridgehead atoms. The summed E-state index contributed by atoms with van der Waals surface area (Å²) >= 11 is 5.13. The predicted octanol–water partition coefficient (Wildman–Crippen LogP) is 5.11. The Labute approximate surface area is 825 Å². The number of hydrogen-bond acceptors (Lipinski definition) is 36. The molecule has 6 saturated heterocycles. The van der Waals surface area contributed by atoms with Crippen molar-refractivity contribution >= 4 is 132 Å². The lowest BCUT2D eigenvalue weighted by atomic mass is 10.00. The molecule has 12 heterocycles. The van der Waals surface area contributed by atoms with Crippen LogP contribution in [0.15, 0.2) is 141 Å². The summed E-state index contributed by atoms with van der Waals surface area (Å²) in [5, 5.41) is 98.3. The second kappa shape index (κ2) is 50.7. The van der Waals surface area contributed by atoms with Crippen LogP contribution in [-0.4, -0.2) is 432 Å². The van der Waals surface area contributed by atoms with Gasteiger partial charge in [0, 0.05) is 77.1 Å². The molecule has 24 atom stereocenters. The highest BCUT2D eigenvalue weighted by Gasteiger charge is 2.52. The summed E-state index contributed by atoms with van der Waals surface area (Å²) in [4.78, 5) is 65.7. The molecular weight excluding hydrogens is 1930 g/mol. The highest BCUT2D eigenvalue weighted by molar-refractivity contribution is 7.74. The fourth-order valence-corrected chi connectivity index (χ4v) is 22.0. The SMILES string of the molecule is C=C1N=C(N)C(OC)=CN1[C@@H]1OC(CCP(=C)(C)C)[C@@H](O)[C@H]1O.C=C1N=C(N)C(OC)=CN1[C@@H]1OC(CCP(=C)(C)C)[C@@H](O)[C@H]1OC.C=C1N=C(N)C=CN1[C@@H]1OC(CCP(=C)(C)C)[C@@H](O)[C@H]1C.C=C1N=C(NC(C)=O)C=CN1[C@@H]1OC(CCP(=C)(C)C)[C@@H](O)[C@H]1O.C=P(C)(C)CCC1O[C@@H](c2cn(C)c(=S)nc2C)[C@H](O)[C@@H]1O.C=P(C)(C)CCC1O[C@@H](n2ccc(NC(C)=O)nc2=O)[C@H](OC)[C@@H]1O. The summed E-state index contributed by atoms with van der Waals surface area (Å²) in [5.41, 5.74) is 18.1. The monoisotopic (exact) mass is 2080 g/mol. The van der Waals surface area contributed by atoms with Crippen molar-refractivity contribution in [1.82, 2.24) is 44.0 Å². The fourth-order valence-electron chi connectivity index (χ4n) is 16.1. The standard InChI is InChI=1S/C16H26N3O5P.C16H28N3O4P.C16H26N3O4P.C15H26N3O4P.C15H26N3O2P.C15H25N2O3PS/c1-10(20)17-12-6-8-19(16(22)18-12)15-14(23-2)13(21)11(24-15)7-9-25(3,4)5;1-10-18-15(17)12(21-2)9-19(10)16-14(22-3)13(20)11(23-16)7-8-24(4,5)6;1-10-17-13(18-11(2)20)6-8-19(10)16-15(22)14(21)12(23-16)7-9-24(3,4)5;1-9-17-14(16)11(21-2)8-18(9)15-13(20)12(19)10(22-15)6-7-23(3,4)5;1-10-14(19)12(7-9-21(3,4)5)20-15(10)18-8-6-13(16)17-11(18)2;1-9-10(8-17(2)15(22)16-9)14-13(19)12(18)11(20-14)6-7-21(3,4)5/h6,8,11,13-15,21H,3,7,9H2,1-2,4-5H3,(H,17,18,20,22);9,11,13-14,16,20H,1,4,7-8H2,2-3,5-6H3,(H2,17,18);6,8,12,14-16,21-22H,1,3,7,9H2,2,4-5H3,(H,17,18,20);8,10,12-13,15,19-20H,1,3,6-7H2,2,4-5H3,(H2,16,17);6,8,10,12,14-15,19H,2-3,7,9H2,1,4-5H3,(H2,16,17);8,11-14,18-19H,3,6-7H2,1-2,4-5H3/t11?,13-,14-,15-;11?,13-,14-,16-;12?,14-,15-,16-;10?,12-,13-,15-;10-,12?,14+,15-;11?,12-,13-,14+/m111111/s1. The molecule has 6 fully saturated rings. The number of amides is 2. The molecular formula is C93H157N17O22P6S. The summed E-state index contributed by atoms with van der Waals surface area (Å²) in [6.45, 7) is 40.6. The van der Waals surface area contributed by atoms with Crippen molar-refractivity contribution in [2.45, 2.75) is 207 Å². The van der Waals surface area contributed by atoms with E-state index < -0.39 is 163 Å². The van der Waals surface area contributed by atoms with E-state index in [9.17, 15) is 60.3 Å². The van der Waals surface area contributed by atoms with Gasteiger partial charge in [-0.25, -0.2) is 29.7 Å². The molecule has 10 aliphatic rings. The summed E-state index contributed by atoms with van der Waals surface area (Å²) in [5.74, 6) is 3.26. The van der Waals surface area contributed by atoms with Crippen LogP contribution in [0.25, 0.3) is 0 Å². The molecule has 0 saturated carbocycles. The first-order valence-corrected chi connectivity index (χ1v) is 64.3. The van der Waals surface area contributed by atoms with Gasteiger partial charge in [-0.1, -0.05) is 33.2 Å². The number of carbonyl (C=O) groups excluding carboxylic acids is 2. The van der Waals surface area contributed by atoms with E-state index in [0.29, 0.717) is 76.9 Å². The molecule has 782 valence electrons. The summed E-state index contributed by atoms with van der Waals surface area (Å²) < 4.78 is 60.4. The molecule has 0 aliphatic carbocycles. The van der Waals surface area contributed by atoms with Crippen molar-refractivity contribution in [3.8, 4) is 0 Å². The van der Waals surface area contributed by atoms with Crippen molar-refractivity contribution < 1.29 is 103 Å². The van der Waals surface area contributed by atoms with Crippen LogP contribution in [0.4, 0.5) is 5.82 Å². The van der Waals surface area contributed by atoms with Crippen LogP contribution >= 0.6 is 53.5 Å². The lowest BCUT2D eigenvalue weighted by Crippen LogP contribution is -2.43. The molecule has 17 N–H and O–H groups in total. The molecule has 139 heavy (non-hydrogen) atoms. The second-order valence-corrected chi connectivity index (χ2v) is 66.4. The van der Waals surface area contributed by atoms with Gasteiger partial charge in [-0.3, -0.25) is 14.2 Å². The van der Waals surface area contributed by atoms with Gasteiger partial charge in [-0.05, 0) is 193 Å². The summed E-state index contributed by atoms with van der Waals surface area (Å²) in [6, 6.07) is 1.50. The quantitative estimate of drug-likeness (QED) is 0.0372. The normalized spacial score (nSPS) is 30.3. The maximum Gasteiger partial charge on any atom is 0.351 e. The zero-order chi connectivity index (χ0) is 105. The average molecular weight is 2080 g/mol. The lowest BCUT2D eigenvalue weighted by Gasteiger charge is -2.32. The van der Waals surface area contributed by atoms with Crippen LogP contribution in [0, 0.1) is 17.6 Å². The number of nitrogens with two attached hydrogens (primary N) is 3. The Morgan fingerprint density at radius 3 is 1.22 bits per heavy atom. The third-order valence-corrected chi connectivity index (χ3v) is 33.1. The van der Waals surface area contributed by atoms with Crippen LogP contribution in [-0.2, 0) is 64.0 Å². The number of methoxy groups -OCH3 is 4. The van der Waals surface area contributed by atoms with Gasteiger partial charge in [-0.2, -0.15) is 4.98 Å². The van der Waals surface area contributed by atoms with E-state index in [1.807, 2.05) is 38.2 Å². The molecule has 2 aromatic heterocycles.